The lowest BCUT2D eigenvalue weighted by Crippen LogP contribution is -2.01. The molecule has 0 bridgehead atoms. The number of oxime groups is 1. The number of hydrogen-bond donors (Lipinski definition) is 0. The summed E-state index contributed by atoms with van der Waals surface area (Å²) in [4.78, 5) is 16.6. The largest absolute Gasteiger partial charge is 0.493 e. The fourth-order valence-corrected chi connectivity index (χ4v) is 2.94. The first-order chi connectivity index (χ1) is 10.0. The molecule has 0 fully saturated rings. The van der Waals surface area contributed by atoms with Gasteiger partial charge in [0.05, 0.1) is 18.3 Å². The van der Waals surface area contributed by atoms with E-state index in [1.807, 2.05) is 0 Å². The molecule has 0 aliphatic heterocycles. The molecular weight excluding hydrogens is 357 g/mol. The third kappa shape index (κ3) is 3.89. The molecule has 2 aromatic rings. The molecule has 0 spiro atoms. The maximum atomic E-state index is 11.8. The van der Waals surface area contributed by atoms with Crippen molar-refractivity contribution in [3.8, 4) is 5.75 Å². The molecule has 1 aromatic carbocycles. The lowest BCUT2D eigenvalue weighted by Gasteiger charge is -2.01. The summed E-state index contributed by atoms with van der Waals surface area (Å²) in [6.07, 6.45) is 1.32. The highest BCUT2D eigenvalue weighted by Crippen LogP contribution is 2.35. The molecule has 0 unspecified atom stereocenters. The van der Waals surface area contributed by atoms with Crippen LogP contribution in [0.25, 0.3) is 0 Å². The predicted molar refractivity (Wildman–Crippen MR) is 85.4 cm³/mol. The average molecular weight is 365 g/mol. The molecule has 110 valence electrons. The van der Waals surface area contributed by atoms with E-state index >= 15 is 0 Å². The van der Waals surface area contributed by atoms with Gasteiger partial charge in [0.2, 0.25) is 0 Å². The molecule has 0 radical (unpaired) electrons. The molecule has 0 saturated carbocycles. The van der Waals surface area contributed by atoms with E-state index in [-0.39, 0.29) is 11.3 Å². The van der Waals surface area contributed by atoms with Crippen LogP contribution >= 0.6 is 46.1 Å². The summed E-state index contributed by atoms with van der Waals surface area (Å²) >= 11 is 18.8. The number of carbonyl (C=O) groups excluding carboxylic acids is 1. The summed E-state index contributed by atoms with van der Waals surface area (Å²) in [5.74, 6) is -0.400. The van der Waals surface area contributed by atoms with Gasteiger partial charge < -0.3 is 9.57 Å². The molecule has 1 aromatic heterocycles. The van der Waals surface area contributed by atoms with Crippen LogP contribution in [0.4, 0.5) is 0 Å². The standard InChI is InChI=1S/C13H8Cl3NO3S/c1-19-11-9(6-21-12(11)16)13(18)20-17-5-7-2-3-8(14)4-10(7)15/h2-6H,1H3/b17-5-. The molecule has 0 amide bonds. The maximum Gasteiger partial charge on any atom is 0.370 e. The van der Waals surface area contributed by atoms with Gasteiger partial charge in [-0.25, -0.2) is 4.79 Å². The Balaban J connectivity index is 2.08. The zero-order chi connectivity index (χ0) is 15.4. The number of benzene rings is 1. The SMILES string of the molecule is COc1c(C(=O)O/N=C\c2ccc(Cl)cc2Cl)csc1Cl. The minimum absolute atomic E-state index is 0.215. The number of rotatable bonds is 4. The van der Waals surface area contributed by atoms with Crippen LogP contribution < -0.4 is 4.74 Å². The normalized spacial score (nSPS) is 10.9. The van der Waals surface area contributed by atoms with Crippen molar-refractivity contribution in [1.29, 1.82) is 0 Å². The van der Waals surface area contributed by atoms with E-state index in [9.17, 15) is 4.79 Å². The Bertz CT molecular complexity index is 700. The Kier molecular flexibility index (Phi) is 5.47. The number of hydrogen-bond acceptors (Lipinski definition) is 5. The Morgan fingerprint density at radius 2 is 2.10 bits per heavy atom. The Hall–Kier alpha value is -1.27. The van der Waals surface area contributed by atoms with Gasteiger partial charge in [0, 0.05) is 16.0 Å². The topological polar surface area (TPSA) is 47.9 Å². The second-order valence-electron chi connectivity index (χ2n) is 3.74. The lowest BCUT2D eigenvalue weighted by molar-refractivity contribution is 0.0516. The first-order valence-electron chi connectivity index (χ1n) is 5.53. The smallest absolute Gasteiger partial charge is 0.370 e. The predicted octanol–water partition coefficient (Wildman–Crippen LogP) is 4.91. The van der Waals surface area contributed by atoms with Crippen LogP contribution in [0.3, 0.4) is 0 Å². The van der Waals surface area contributed by atoms with E-state index in [2.05, 4.69) is 5.16 Å². The average Bonchev–Trinajstić information content (AvgIpc) is 2.82. The van der Waals surface area contributed by atoms with Gasteiger partial charge in [0.15, 0.2) is 5.75 Å². The highest BCUT2D eigenvalue weighted by molar-refractivity contribution is 7.15. The van der Waals surface area contributed by atoms with Crippen molar-refractivity contribution in [2.24, 2.45) is 5.16 Å². The van der Waals surface area contributed by atoms with Gasteiger partial charge in [-0.05, 0) is 12.1 Å². The summed E-state index contributed by atoms with van der Waals surface area (Å²) in [6, 6.07) is 4.87. The number of ether oxygens (including phenoxy) is 1. The van der Waals surface area contributed by atoms with E-state index in [4.69, 9.17) is 44.4 Å². The quantitative estimate of drug-likeness (QED) is 0.440. The number of carbonyl (C=O) groups is 1. The highest BCUT2D eigenvalue weighted by Gasteiger charge is 2.19. The number of nitrogens with zero attached hydrogens (tertiary/aromatic N) is 1. The summed E-state index contributed by atoms with van der Waals surface area (Å²) < 4.78 is 5.39. The Morgan fingerprint density at radius 3 is 2.76 bits per heavy atom. The van der Waals surface area contributed by atoms with E-state index < -0.39 is 5.97 Å². The van der Waals surface area contributed by atoms with Crippen LogP contribution in [-0.2, 0) is 4.84 Å². The van der Waals surface area contributed by atoms with E-state index in [1.54, 1.807) is 18.2 Å². The van der Waals surface area contributed by atoms with Crippen molar-refractivity contribution in [2.75, 3.05) is 7.11 Å². The Labute approximate surface area is 139 Å². The molecule has 1 heterocycles. The molecule has 0 N–H and O–H groups in total. The molecule has 0 aliphatic carbocycles. The van der Waals surface area contributed by atoms with E-state index in [0.717, 1.165) is 0 Å². The van der Waals surface area contributed by atoms with Gasteiger partial charge in [0.1, 0.15) is 9.90 Å². The molecule has 0 saturated heterocycles. The maximum absolute atomic E-state index is 11.8. The van der Waals surface area contributed by atoms with E-state index in [0.29, 0.717) is 19.9 Å². The molecule has 8 heteroatoms. The highest BCUT2D eigenvalue weighted by atomic mass is 35.5. The first-order valence-corrected chi connectivity index (χ1v) is 7.55. The minimum Gasteiger partial charge on any atom is -0.493 e. The summed E-state index contributed by atoms with van der Waals surface area (Å²) in [5, 5.41) is 6.04. The molecule has 21 heavy (non-hydrogen) atoms. The fourth-order valence-electron chi connectivity index (χ4n) is 1.44. The number of halogens is 3. The van der Waals surface area contributed by atoms with Crippen molar-refractivity contribution in [2.45, 2.75) is 0 Å². The molecular formula is C13H8Cl3NO3S. The van der Waals surface area contributed by atoms with Gasteiger partial charge in [0.25, 0.3) is 0 Å². The molecule has 0 atom stereocenters. The number of methoxy groups -OCH3 is 1. The van der Waals surface area contributed by atoms with E-state index in [1.165, 1.54) is 30.0 Å². The summed E-state index contributed by atoms with van der Waals surface area (Å²) in [7, 11) is 1.42. The van der Waals surface area contributed by atoms with Gasteiger partial charge in [-0.3, -0.25) is 0 Å². The van der Waals surface area contributed by atoms with Crippen LogP contribution in [0.2, 0.25) is 14.4 Å². The van der Waals surface area contributed by atoms with Crippen LogP contribution in [-0.4, -0.2) is 19.3 Å². The molecule has 2 rings (SSSR count). The van der Waals surface area contributed by atoms with Gasteiger partial charge in [-0.1, -0.05) is 46.0 Å². The zero-order valence-electron chi connectivity index (χ0n) is 10.6. The van der Waals surface area contributed by atoms with Crippen LogP contribution in [0, 0.1) is 0 Å². The van der Waals surface area contributed by atoms with Crippen molar-refractivity contribution in [3.05, 3.63) is 49.1 Å². The van der Waals surface area contributed by atoms with Crippen molar-refractivity contribution >= 4 is 58.3 Å². The minimum atomic E-state index is -0.670. The van der Waals surface area contributed by atoms with Crippen molar-refractivity contribution < 1.29 is 14.4 Å². The van der Waals surface area contributed by atoms with Crippen molar-refractivity contribution in [3.63, 3.8) is 0 Å². The van der Waals surface area contributed by atoms with Crippen LogP contribution in [0.15, 0.2) is 28.7 Å². The van der Waals surface area contributed by atoms with Gasteiger partial charge in [-0.15, -0.1) is 11.3 Å². The van der Waals surface area contributed by atoms with Crippen LogP contribution in [0.5, 0.6) is 5.75 Å². The van der Waals surface area contributed by atoms with Gasteiger partial charge in [-0.2, -0.15) is 0 Å². The third-order valence-electron chi connectivity index (χ3n) is 2.42. The van der Waals surface area contributed by atoms with Crippen molar-refractivity contribution in [1.82, 2.24) is 0 Å². The fraction of sp³-hybridized carbons (Fsp3) is 0.0769. The monoisotopic (exact) mass is 363 g/mol. The third-order valence-corrected chi connectivity index (χ3v) is 4.16. The summed E-state index contributed by atoms with van der Waals surface area (Å²) in [6.45, 7) is 0. The second-order valence-corrected chi connectivity index (χ2v) is 6.06. The molecule has 4 nitrogen and oxygen atoms in total. The molecule has 0 aliphatic rings. The van der Waals surface area contributed by atoms with Gasteiger partial charge >= 0.3 is 5.97 Å². The summed E-state index contributed by atoms with van der Waals surface area (Å²) in [5.41, 5.74) is 0.788. The first kappa shape index (κ1) is 16.1. The Morgan fingerprint density at radius 1 is 1.33 bits per heavy atom. The lowest BCUT2D eigenvalue weighted by atomic mass is 10.2. The van der Waals surface area contributed by atoms with Crippen LogP contribution in [0.1, 0.15) is 15.9 Å². The zero-order valence-corrected chi connectivity index (χ0v) is 13.7. The number of thiophene rings is 1. The second kappa shape index (κ2) is 7.13.